The van der Waals surface area contributed by atoms with Gasteiger partial charge in [0.15, 0.2) is 0 Å². The Morgan fingerprint density at radius 1 is 1.78 bits per heavy atom. The summed E-state index contributed by atoms with van der Waals surface area (Å²) in [4.78, 5) is 0.550. The van der Waals surface area contributed by atoms with Crippen LogP contribution >= 0.6 is 15.9 Å². The van der Waals surface area contributed by atoms with Gasteiger partial charge in [-0.05, 0) is 19.8 Å². The minimum atomic E-state index is 0.550. The van der Waals surface area contributed by atoms with Crippen LogP contribution in [0, 0.1) is 0 Å². The summed E-state index contributed by atoms with van der Waals surface area (Å²) < 4.78 is 0. The van der Waals surface area contributed by atoms with Crippen LogP contribution < -0.4 is 5.73 Å². The minimum Gasteiger partial charge on any atom is -0.402 e. The Morgan fingerprint density at radius 2 is 2.33 bits per heavy atom. The number of rotatable bonds is 3. The topological polar surface area (TPSA) is 26.0 Å². The highest BCUT2D eigenvalue weighted by molar-refractivity contribution is 9.09. The molecule has 0 fully saturated rings. The maximum atomic E-state index is 5.58. The van der Waals surface area contributed by atoms with Gasteiger partial charge in [0.25, 0.3) is 0 Å². The van der Waals surface area contributed by atoms with Crippen LogP contribution in [0.5, 0.6) is 0 Å². The maximum absolute atomic E-state index is 5.58. The molecule has 0 aliphatic rings. The first-order valence-corrected chi connectivity index (χ1v) is 4.17. The first-order valence-electron chi connectivity index (χ1n) is 3.25. The summed E-state index contributed by atoms with van der Waals surface area (Å²) in [5.41, 5.74) is 6.55. The number of halogens is 1. The summed E-state index contributed by atoms with van der Waals surface area (Å²) in [6, 6.07) is 0. The molecule has 2 N–H and O–H groups in total. The van der Waals surface area contributed by atoms with Gasteiger partial charge >= 0.3 is 0 Å². The van der Waals surface area contributed by atoms with Crippen LogP contribution in [0.25, 0.3) is 0 Å². The highest BCUT2D eigenvalue weighted by Gasteiger charge is 1.99. The molecule has 0 aromatic rings. The molecular formula is C7H14BrN. The van der Waals surface area contributed by atoms with Crippen molar-refractivity contribution in [3.63, 3.8) is 0 Å². The average Bonchev–Trinajstić information content (AvgIpc) is 1.87. The molecule has 0 amide bonds. The highest BCUT2D eigenvalue weighted by atomic mass is 79.9. The van der Waals surface area contributed by atoms with E-state index in [0.29, 0.717) is 4.83 Å². The molecule has 0 rings (SSSR count). The first kappa shape index (κ1) is 9.02. The van der Waals surface area contributed by atoms with Crippen molar-refractivity contribution in [2.75, 3.05) is 0 Å². The molecule has 0 spiro atoms. The smallest absolute Gasteiger partial charge is 0.0197 e. The quantitative estimate of drug-likeness (QED) is 0.682. The predicted octanol–water partition coefficient (Wildman–Crippen LogP) is 2.41. The molecule has 0 aromatic carbocycles. The van der Waals surface area contributed by atoms with Crippen molar-refractivity contribution in [1.29, 1.82) is 0 Å². The minimum absolute atomic E-state index is 0.550. The van der Waals surface area contributed by atoms with Crippen molar-refractivity contribution >= 4 is 15.9 Å². The third-order valence-electron chi connectivity index (χ3n) is 1.27. The molecule has 0 bridgehead atoms. The molecule has 1 atom stereocenters. The summed E-state index contributed by atoms with van der Waals surface area (Å²) >= 11 is 3.50. The number of nitrogens with two attached hydrogens (primary N) is 1. The lowest BCUT2D eigenvalue weighted by Crippen LogP contribution is -2.04. The van der Waals surface area contributed by atoms with Crippen molar-refractivity contribution in [1.82, 2.24) is 0 Å². The van der Waals surface area contributed by atoms with Crippen molar-refractivity contribution in [2.24, 2.45) is 5.73 Å². The first-order chi connectivity index (χ1) is 4.20. The lowest BCUT2D eigenvalue weighted by atomic mass is 10.2. The van der Waals surface area contributed by atoms with E-state index in [9.17, 15) is 0 Å². The molecular weight excluding hydrogens is 178 g/mol. The van der Waals surface area contributed by atoms with Gasteiger partial charge < -0.3 is 5.73 Å². The molecule has 2 heteroatoms. The molecule has 9 heavy (non-hydrogen) atoms. The van der Waals surface area contributed by atoms with Crippen molar-refractivity contribution in [2.45, 2.75) is 31.5 Å². The van der Waals surface area contributed by atoms with Crippen molar-refractivity contribution < 1.29 is 0 Å². The van der Waals surface area contributed by atoms with E-state index in [0.717, 1.165) is 18.5 Å². The molecule has 0 aliphatic heterocycles. The van der Waals surface area contributed by atoms with E-state index >= 15 is 0 Å². The van der Waals surface area contributed by atoms with E-state index in [1.807, 2.05) is 13.0 Å². The SMILES string of the molecule is C/C=C(/N)C[C@@H](Br)CC. The van der Waals surface area contributed by atoms with E-state index in [4.69, 9.17) is 5.73 Å². The van der Waals surface area contributed by atoms with E-state index in [-0.39, 0.29) is 0 Å². The van der Waals surface area contributed by atoms with Crippen LogP contribution in [0.15, 0.2) is 11.8 Å². The second-order valence-electron chi connectivity index (χ2n) is 2.07. The van der Waals surface area contributed by atoms with Crippen molar-refractivity contribution in [3.8, 4) is 0 Å². The highest BCUT2D eigenvalue weighted by Crippen LogP contribution is 2.11. The fourth-order valence-electron chi connectivity index (χ4n) is 0.518. The Hall–Kier alpha value is 0.0200. The number of hydrogen-bond donors (Lipinski definition) is 1. The lowest BCUT2D eigenvalue weighted by molar-refractivity contribution is 0.813. The van der Waals surface area contributed by atoms with Gasteiger partial charge in [-0.15, -0.1) is 0 Å². The normalized spacial score (nSPS) is 15.7. The lowest BCUT2D eigenvalue weighted by Gasteiger charge is -2.04. The molecule has 0 aromatic heterocycles. The Balaban J connectivity index is 3.47. The van der Waals surface area contributed by atoms with E-state index < -0.39 is 0 Å². The number of alkyl halides is 1. The second kappa shape index (κ2) is 4.86. The van der Waals surface area contributed by atoms with Crippen LogP contribution in [0.3, 0.4) is 0 Å². The maximum Gasteiger partial charge on any atom is 0.0197 e. The van der Waals surface area contributed by atoms with Gasteiger partial charge in [0.2, 0.25) is 0 Å². The predicted molar refractivity (Wildman–Crippen MR) is 45.6 cm³/mol. The number of hydrogen-bond acceptors (Lipinski definition) is 1. The summed E-state index contributed by atoms with van der Waals surface area (Å²) in [5, 5.41) is 0. The monoisotopic (exact) mass is 191 g/mol. The van der Waals surface area contributed by atoms with E-state index in [1.54, 1.807) is 0 Å². The Bertz CT molecular complexity index is 99.1. The van der Waals surface area contributed by atoms with Crippen LogP contribution in [-0.2, 0) is 0 Å². The van der Waals surface area contributed by atoms with Crippen molar-refractivity contribution in [3.05, 3.63) is 11.8 Å². The molecule has 1 nitrogen and oxygen atoms in total. The molecule has 0 saturated carbocycles. The summed E-state index contributed by atoms with van der Waals surface area (Å²) in [5.74, 6) is 0. The van der Waals surface area contributed by atoms with Gasteiger partial charge in [-0.3, -0.25) is 0 Å². The Kier molecular flexibility index (Phi) is 4.87. The van der Waals surface area contributed by atoms with Gasteiger partial charge in [0.05, 0.1) is 0 Å². The molecule has 0 saturated heterocycles. The fraction of sp³-hybridized carbons (Fsp3) is 0.714. The van der Waals surface area contributed by atoms with Crippen LogP contribution in [0.4, 0.5) is 0 Å². The average molecular weight is 192 g/mol. The molecule has 54 valence electrons. The summed E-state index contributed by atoms with van der Waals surface area (Å²) in [6.45, 7) is 4.10. The molecule has 0 radical (unpaired) electrons. The van der Waals surface area contributed by atoms with Gasteiger partial charge in [-0.1, -0.05) is 28.9 Å². The zero-order valence-electron chi connectivity index (χ0n) is 6.02. The van der Waals surface area contributed by atoms with E-state index in [2.05, 4.69) is 22.9 Å². The van der Waals surface area contributed by atoms with Crippen LogP contribution in [0.2, 0.25) is 0 Å². The largest absolute Gasteiger partial charge is 0.402 e. The van der Waals surface area contributed by atoms with Gasteiger partial charge in [0.1, 0.15) is 0 Å². The summed E-state index contributed by atoms with van der Waals surface area (Å²) in [7, 11) is 0. The zero-order chi connectivity index (χ0) is 7.28. The standard InChI is InChI=1S/C7H14BrN/c1-3-6(8)5-7(9)4-2/h4,6H,3,5,9H2,1-2H3/b7-4+/t6-/m0/s1. The second-order valence-corrected chi connectivity index (χ2v) is 3.37. The van der Waals surface area contributed by atoms with Gasteiger partial charge in [-0.2, -0.15) is 0 Å². The third-order valence-corrected chi connectivity index (χ3v) is 2.24. The van der Waals surface area contributed by atoms with Crippen LogP contribution in [0.1, 0.15) is 26.7 Å². The number of allylic oxidation sites excluding steroid dienone is 2. The molecule has 0 heterocycles. The van der Waals surface area contributed by atoms with E-state index in [1.165, 1.54) is 0 Å². The Morgan fingerprint density at radius 3 is 2.67 bits per heavy atom. The van der Waals surface area contributed by atoms with Gasteiger partial charge in [-0.25, -0.2) is 0 Å². The Labute approximate surface area is 65.4 Å². The summed E-state index contributed by atoms with van der Waals surface area (Å²) in [6.07, 6.45) is 4.05. The molecule has 0 unspecified atom stereocenters. The van der Waals surface area contributed by atoms with Crippen LogP contribution in [-0.4, -0.2) is 4.83 Å². The van der Waals surface area contributed by atoms with Gasteiger partial charge in [0, 0.05) is 10.5 Å². The zero-order valence-corrected chi connectivity index (χ0v) is 7.61. The molecule has 0 aliphatic carbocycles. The fourth-order valence-corrected chi connectivity index (χ4v) is 0.892. The third kappa shape index (κ3) is 4.52.